The van der Waals surface area contributed by atoms with Crippen LogP contribution >= 0.6 is 46.4 Å². The van der Waals surface area contributed by atoms with Crippen LogP contribution in [0.3, 0.4) is 0 Å². The first-order valence-corrected chi connectivity index (χ1v) is 9.72. The fourth-order valence-corrected chi connectivity index (χ4v) is 3.83. The minimum atomic E-state index is 0.00943. The lowest BCUT2D eigenvalue weighted by Crippen LogP contribution is -2.18. The van der Waals surface area contributed by atoms with Gasteiger partial charge in [-0.1, -0.05) is 77.6 Å². The lowest BCUT2D eigenvalue weighted by Gasteiger charge is -2.23. The van der Waals surface area contributed by atoms with E-state index in [1.54, 1.807) is 12.1 Å². The molecular weight excluding hydrogens is 410 g/mol. The third-order valence-electron chi connectivity index (χ3n) is 4.34. The van der Waals surface area contributed by atoms with E-state index in [4.69, 9.17) is 46.4 Å². The normalized spacial score (nSPS) is 20.8. The van der Waals surface area contributed by atoms with Crippen molar-refractivity contribution in [3.05, 3.63) is 78.8 Å². The van der Waals surface area contributed by atoms with Crippen molar-refractivity contribution in [2.45, 2.75) is 19.8 Å². The van der Waals surface area contributed by atoms with Gasteiger partial charge in [-0.15, -0.1) is 0 Å². The van der Waals surface area contributed by atoms with Gasteiger partial charge in [-0.05, 0) is 54.2 Å². The molecule has 1 aliphatic rings. The van der Waals surface area contributed by atoms with Crippen LogP contribution in [0.25, 0.3) is 12.2 Å². The van der Waals surface area contributed by atoms with Gasteiger partial charge in [-0.3, -0.25) is 4.79 Å². The van der Waals surface area contributed by atoms with Gasteiger partial charge in [0.25, 0.3) is 0 Å². The van der Waals surface area contributed by atoms with E-state index in [0.717, 1.165) is 22.3 Å². The van der Waals surface area contributed by atoms with Gasteiger partial charge in [0.05, 0.1) is 20.1 Å². The van der Waals surface area contributed by atoms with Gasteiger partial charge in [-0.2, -0.15) is 0 Å². The van der Waals surface area contributed by atoms with Crippen molar-refractivity contribution in [1.82, 2.24) is 0 Å². The van der Waals surface area contributed by atoms with Crippen LogP contribution in [-0.2, 0) is 4.79 Å². The molecular formula is C21H16Cl4O. The fourth-order valence-electron chi connectivity index (χ4n) is 3.10. The highest BCUT2D eigenvalue weighted by Gasteiger charge is 2.26. The maximum atomic E-state index is 13.0. The Hall–Kier alpha value is -1.25. The standard InChI is InChI=1S/C21H16Cl4O/c1-12-8-15(10-13-4-2-6-17(22)19(13)24)21(26)16(9-12)11-14-5-3-7-18(23)20(14)25/h2-7,10-12H,8-9H2,1H3/b15-10-,16-11+. The van der Waals surface area contributed by atoms with Crippen LogP contribution in [-0.4, -0.2) is 5.78 Å². The first-order chi connectivity index (χ1) is 12.4. The third kappa shape index (κ3) is 4.18. The fraction of sp³-hybridized carbons (Fsp3) is 0.190. The van der Waals surface area contributed by atoms with Crippen LogP contribution in [0.2, 0.25) is 20.1 Å². The number of halogens is 4. The monoisotopic (exact) mass is 424 g/mol. The van der Waals surface area contributed by atoms with Gasteiger partial charge in [0.15, 0.2) is 5.78 Å². The second-order valence-electron chi connectivity index (χ2n) is 6.47. The van der Waals surface area contributed by atoms with Gasteiger partial charge in [0.2, 0.25) is 0 Å². The highest BCUT2D eigenvalue weighted by atomic mass is 35.5. The van der Waals surface area contributed by atoms with Crippen LogP contribution in [0, 0.1) is 5.92 Å². The van der Waals surface area contributed by atoms with E-state index in [-0.39, 0.29) is 5.78 Å². The molecule has 0 amide bonds. The Morgan fingerprint density at radius 2 is 1.23 bits per heavy atom. The molecule has 0 saturated heterocycles. The Morgan fingerprint density at radius 1 is 0.808 bits per heavy atom. The van der Waals surface area contributed by atoms with Crippen LogP contribution in [0.1, 0.15) is 30.9 Å². The van der Waals surface area contributed by atoms with Crippen LogP contribution in [0.4, 0.5) is 0 Å². The van der Waals surface area contributed by atoms with Crippen LogP contribution in [0.15, 0.2) is 47.5 Å². The van der Waals surface area contributed by atoms with Gasteiger partial charge < -0.3 is 0 Å². The Labute approximate surface area is 173 Å². The van der Waals surface area contributed by atoms with Gasteiger partial charge >= 0.3 is 0 Å². The third-order valence-corrected chi connectivity index (χ3v) is 6.01. The van der Waals surface area contributed by atoms with E-state index < -0.39 is 0 Å². The summed E-state index contributed by atoms with van der Waals surface area (Å²) in [5, 5.41) is 1.85. The summed E-state index contributed by atoms with van der Waals surface area (Å²) in [5.74, 6) is 0.344. The maximum absolute atomic E-state index is 13.0. The lowest BCUT2D eigenvalue weighted by molar-refractivity contribution is -0.113. The summed E-state index contributed by atoms with van der Waals surface area (Å²) in [7, 11) is 0. The summed E-state index contributed by atoms with van der Waals surface area (Å²) in [6, 6.07) is 10.8. The van der Waals surface area contributed by atoms with Crippen molar-refractivity contribution in [3.63, 3.8) is 0 Å². The number of carbonyl (C=O) groups excluding carboxylic acids is 1. The van der Waals surface area contributed by atoms with Crippen molar-refractivity contribution in [1.29, 1.82) is 0 Å². The zero-order valence-corrected chi connectivity index (χ0v) is 17.1. The first kappa shape index (κ1) is 19.5. The minimum absolute atomic E-state index is 0.00943. The summed E-state index contributed by atoms with van der Waals surface area (Å²) in [6.45, 7) is 2.12. The SMILES string of the molecule is CC1C/C(=C/c2cccc(Cl)c2Cl)C(=O)/C(=C/c2cccc(Cl)c2Cl)C1. The molecule has 1 unspecified atom stereocenters. The quantitative estimate of drug-likeness (QED) is 0.449. The molecule has 1 saturated carbocycles. The van der Waals surface area contributed by atoms with Crippen molar-refractivity contribution in [3.8, 4) is 0 Å². The highest BCUT2D eigenvalue weighted by molar-refractivity contribution is 6.43. The summed E-state index contributed by atoms with van der Waals surface area (Å²) in [6.07, 6.45) is 5.06. The van der Waals surface area contributed by atoms with E-state index in [0.29, 0.717) is 38.9 Å². The highest BCUT2D eigenvalue weighted by Crippen LogP contribution is 2.35. The summed E-state index contributed by atoms with van der Waals surface area (Å²) >= 11 is 24.7. The molecule has 0 aromatic heterocycles. The summed E-state index contributed by atoms with van der Waals surface area (Å²) < 4.78 is 0. The molecule has 1 aliphatic carbocycles. The minimum Gasteiger partial charge on any atom is -0.289 e. The van der Waals surface area contributed by atoms with E-state index >= 15 is 0 Å². The van der Waals surface area contributed by atoms with Crippen molar-refractivity contribution in [2.75, 3.05) is 0 Å². The number of rotatable bonds is 2. The van der Waals surface area contributed by atoms with E-state index in [9.17, 15) is 4.79 Å². The van der Waals surface area contributed by atoms with E-state index in [1.807, 2.05) is 36.4 Å². The Morgan fingerprint density at radius 3 is 1.65 bits per heavy atom. The van der Waals surface area contributed by atoms with Crippen LogP contribution in [0.5, 0.6) is 0 Å². The molecule has 0 heterocycles. The number of ketones is 1. The number of allylic oxidation sites excluding steroid dienone is 2. The molecule has 1 nitrogen and oxygen atoms in total. The van der Waals surface area contributed by atoms with E-state index in [1.165, 1.54) is 0 Å². The molecule has 2 aromatic rings. The molecule has 26 heavy (non-hydrogen) atoms. The average molecular weight is 426 g/mol. The number of carbonyl (C=O) groups is 1. The topological polar surface area (TPSA) is 17.1 Å². The molecule has 0 N–H and O–H groups in total. The summed E-state index contributed by atoms with van der Waals surface area (Å²) in [4.78, 5) is 13.0. The van der Waals surface area contributed by atoms with Gasteiger partial charge in [0, 0.05) is 11.1 Å². The molecule has 2 aromatic carbocycles. The second kappa shape index (κ2) is 8.19. The molecule has 0 bridgehead atoms. The average Bonchev–Trinajstić information content (AvgIpc) is 2.60. The molecule has 134 valence electrons. The number of hydrogen-bond donors (Lipinski definition) is 0. The first-order valence-electron chi connectivity index (χ1n) is 8.20. The van der Waals surface area contributed by atoms with Crippen LogP contribution < -0.4 is 0 Å². The number of Topliss-reactive ketones (excluding diaryl/α,β-unsaturated/α-hetero) is 1. The zero-order chi connectivity index (χ0) is 18.8. The van der Waals surface area contributed by atoms with Gasteiger partial charge in [0.1, 0.15) is 0 Å². The van der Waals surface area contributed by atoms with Crippen molar-refractivity contribution in [2.24, 2.45) is 5.92 Å². The smallest absolute Gasteiger partial charge is 0.185 e. The zero-order valence-electron chi connectivity index (χ0n) is 14.0. The predicted molar refractivity (Wildman–Crippen MR) is 112 cm³/mol. The van der Waals surface area contributed by atoms with Gasteiger partial charge in [-0.25, -0.2) is 0 Å². The Balaban J connectivity index is 2.01. The molecule has 0 spiro atoms. The lowest BCUT2D eigenvalue weighted by atomic mass is 9.81. The molecule has 1 fully saturated rings. The van der Waals surface area contributed by atoms with E-state index in [2.05, 4.69) is 6.92 Å². The van der Waals surface area contributed by atoms with Crippen molar-refractivity contribution < 1.29 is 4.79 Å². The Kier molecular flexibility index (Phi) is 6.14. The summed E-state index contributed by atoms with van der Waals surface area (Å²) in [5.41, 5.74) is 2.93. The predicted octanol–water partition coefficient (Wildman–Crippen LogP) is 7.77. The molecule has 3 rings (SSSR count). The molecule has 5 heteroatoms. The largest absolute Gasteiger partial charge is 0.289 e. The maximum Gasteiger partial charge on any atom is 0.185 e. The molecule has 1 atom stereocenters. The molecule has 0 radical (unpaired) electrons. The Bertz CT molecular complexity index is 854. The van der Waals surface area contributed by atoms with Crippen molar-refractivity contribution >= 4 is 64.3 Å². The molecule has 0 aliphatic heterocycles. The number of hydrogen-bond acceptors (Lipinski definition) is 1. The second-order valence-corrected chi connectivity index (χ2v) is 8.04. The number of benzene rings is 2.